The van der Waals surface area contributed by atoms with E-state index in [1.54, 1.807) is 0 Å². The van der Waals surface area contributed by atoms with Crippen molar-refractivity contribution in [3.05, 3.63) is 30.0 Å². The Morgan fingerprint density at radius 3 is 2.87 bits per heavy atom. The van der Waals surface area contributed by atoms with Gasteiger partial charge in [0, 0.05) is 36.8 Å². The fourth-order valence-corrected chi connectivity index (χ4v) is 3.35. The maximum atomic E-state index is 6.13. The molecule has 4 rings (SSSR count). The summed E-state index contributed by atoms with van der Waals surface area (Å²) in [5.41, 5.74) is 9.42. The molecular formula is C17H22N4O2. The lowest BCUT2D eigenvalue weighted by molar-refractivity contribution is 0.171. The van der Waals surface area contributed by atoms with E-state index >= 15 is 0 Å². The number of aromatic nitrogens is 2. The lowest BCUT2D eigenvalue weighted by Crippen LogP contribution is -2.28. The molecular weight excluding hydrogens is 292 g/mol. The van der Waals surface area contributed by atoms with Gasteiger partial charge in [-0.15, -0.1) is 0 Å². The second-order valence-electron chi connectivity index (χ2n) is 6.46. The minimum Gasteiger partial charge on any atom is -0.486 e. The van der Waals surface area contributed by atoms with Gasteiger partial charge < -0.3 is 15.2 Å². The second-order valence-corrected chi connectivity index (χ2v) is 6.46. The molecule has 0 radical (unpaired) electrons. The molecule has 0 aliphatic carbocycles. The van der Waals surface area contributed by atoms with E-state index in [9.17, 15) is 0 Å². The lowest BCUT2D eigenvalue weighted by Gasteiger charge is -2.19. The van der Waals surface area contributed by atoms with Crippen molar-refractivity contribution in [2.24, 2.45) is 11.7 Å². The van der Waals surface area contributed by atoms with Crippen LogP contribution in [0.4, 0.5) is 0 Å². The van der Waals surface area contributed by atoms with Gasteiger partial charge in [-0.25, -0.2) is 0 Å². The van der Waals surface area contributed by atoms with Crippen LogP contribution in [0.5, 0.6) is 11.5 Å². The SMILES string of the molecule is CC1CN(Cc2cn[nH]c2-c2ccc3c(c2)OCCO3)CC1N. The summed E-state index contributed by atoms with van der Waals surface area (Å²) in [5, 5.41) is 7.36. The maximum absolute atomic E-state index is 6.13. The summed E-state index contributed by atoms with van der Waals surface area (Å²) >= 11 is 0. The van der Waals surface area contributed by atoms with Crippen molar-refractivity contribution in [3.63, 3.8) is 0 Å². The van der Waals surface area contributed by atoms with Gasteiger partial charge in [0.15, 0.2) is 11.5 Å². The predicted octanol–water partition coefficient (Wildman–Crippen LogP) is 1.63. The first kappa shape index (κ1) is 14.5. The molecule has 2 aliphatic heterocycles. The Labute approximate surface area is 135 Å². The van der Waals surface area contributed by atoms with Crippen molar-refractivity contribution < 1.29 is 9.47 Å². The molecule has 1 aromatic heterocycles. The molecule has 0 spiro atoms. The summed E-state index contributed by atoms with van der Waals surface area (Å²) in [5.74, 6) is 2.14. The second kappa shape index (κ2) is 5.86. The molecule has 3 N–H and O–H groups in total. The summed E-state index contributed by atoms with van der Waals surface area (Å²) < 4.78 is 11.3. The van der Waals surface area contributed by atoms with Crippen molar-refractivity contribution >= 4 is 0 Å². The highest BCUT2D eigenvalue weighted by atomic mass is 16.6. The third kappa shape index (κ3) is 2.80. The normalized spacial score (nSPS) is 24.1. The number of nitrogens with two attached hydrogens (primary N) is 1. The Balaban J connectivity index is 1.57. The standard InChI is InChI=1S/C17H22N4O2/c1-11-8-21(10-14(11)18)9-13-7-19-20-17(13)12-2-3-15-16(6-12)23-5-4-22-15/h2-3,6-7,11,14H,4-5,8-10,18H2,1H3,(H,19,20). The number of aromatic amines is 1. The van der Waals surface area contributed by atoms with Crippen LogP contribution in [0.2, 0.25) is 0 Å². The Morgan fingerprint density at radius 2 is 2.09 bits per heavy atom. The van der Waals surface area contributed by atoms with Gasteiger partial charge >= 0.3 is 0 Å². The zero-order chi connectivity index (χ0) is 15.8. The highest BCUT2D eigenvalue weighted by Gasteiger charge is 2.27. The number of nitrogens with zero attached hydrogens (tertiary/aromatic N) is 2. The van der Waals surface area contributed by atoms with Crippen LogP contribution in [-0.2, 0) is 6.54 Å². The van der Waals surface area contributed by atoms with Crippen LogP contribution in [0.3, 0.4) is 0 Å². The van der Waals surface area contributed by atoms with Crippen LogP contribution in [0.1, 0.15) is 12.5 Å². The van der Waals surface area contributed by atoms with Crippen LogP contribution in [0, 0.1) is 5.92 Å². The zero-order valence-corrected chi connectivity index (χ0v) is 13.3. The van der Waals surface area contributed by atoms with E-state index < -0.39 is 0 Å². The van der Waals surface area contributed by atoms with E-state index in [1.165, 1.54) is 5.56 Å². The van der Waals surface area contributed by atoms with Gasteiger partial charge in [-0.05, 0) is 24.1 Å². The Bertz CT molecular complexity index is 690. The number of hydrogen-bond donors (Lipinski definition) is 2. The van der Waals surface area contributed by atoms with Crippen molar-refractivity contribution in [1.82, 2.24) is 15.1 Å². The van der Waals surface area contributed by atoms with Gasteiger partial charge in [0.2, 0.25) is 0 Å². The quantitative estimate of drug-likeness (QED) is 0.900. The lowest BCUT2D eigenvalue weighted by atomic mass is 10.1. The Hall–Kier alpha value is -2.05. The largest absolute Gasteiger partial charge is 0.486 e. The number of likely N-dealkylation sites (tertiary alicyclic amines) is 1. The fourth-order valence-electron chi connectivity index (χ4n) is 3.35. The number of fused-ring (bicyclic) bond motifs is 1. The first-order valence-electron chi connectivity index (χ1n) is 8.11. The van der Waals surface area contributed by atoms with E-state index in [2.05, 4.69) is 22.0 Å². The number of rotatable bonds is 3. The highest BCUT2D eigenvalue weighted by molar-refractivity contribution is 5.66. The van der Waals surface area contributed by atoms with Gasteiger partial charge in [-0.1, -0.05) is 6.92 Å². The van der Waals surface area contributed by atoms with Crippen molar-refractivity contribution in [2.75, 3.05) is 26.3 Å². The maximum Gasteiger partial charge on any atom is 0.162 e. The van der Waals surface area contributed by atoms with E-state index in [0.717, 1.165) is 42.4 Å². The summed E-state index contributed by atoms with van der Waals surface area (Å²) in [4.78, 5) is 2.39. The van der Waals surface area contributed by atoms with Crippen molar-refractivity contribution in [2.45, 2.75) is 19.5 Å². The van der Waals surface area contributed by atoms with Gasteiger partial charge in [-0.2, -0.15) is 5.10 Å². The molecule has 122 valence electrons. The van der Waals surface area contributed by atoms with E-state index in [1.807, 2.05) is 24.4 Å². The topological polar surface area (TPSA) is 76.4 Å². The van der Waals surface area contributed by atoms with Crippen LogP contribution in [0.15, 0.2) is 24.4 Å². The van der Waals surface area contributed by atoms with Crippen LogP contribution in [-0.4, -0.2) is 47.4 Å². The summed E-state index contributed by atoms with van der Waals surface area (Å²) in [6, 6.07) is 6.29. The molecule has 0 bridgehead atoms. The molecule has 6 heteroatoms. The van der Waals surface area contributed by atoms with Crippen molar-refractivity contribution in [3.8, 4) is 22.8 Å². The molecule has 1 aromatic carbocycles. The van der Waals surface area contributed by atoms with Crippen LogP contribution < -0.4 is 15.2 Å². The number of nitrogens with one attached hydrogen (secondary N) is 1. The van der Waals surface area contributed by atoms with E-state index in [-0.39, 0.29) is 6.04 Å². The first-order chi connectivity index (χ1) is 11.2. The molecule has 2 aliphatic rings. The fraction of sp³-hybridized carbons (Fsp3) is 0.471. The zero-order valence-electron chi connectivity index (χ0n) is 13.3. The summed E-state index contributed by atoms with van der Waals surface area (Å²) in [7, 11) is 0. The van der Waals surface area contributed by atoms with Gasteiger partial charge in [0.1, 0.15) is 13.2 Å². The molecule has 3 heterocycles. The van der Waals surface area contributed by atoms with Gasteiger partial charge in [-0.3, -0.25) is 10.00 Å². The smallest absolute Gasteiger partial charge is 0.162 e. The van der Waals surface area contributed by atoms with Crippen molar-refractivity contribution in [1.29, 1.82) is 0 Å². The molecule has 2 aromatic rings. The first-order valence-corrected chi connectivity index (χ1v) is 8.11. The average molecular weight is 314 g/mol. The number of H-pyrrole nitrogens is 1. The minimum absolute atomic E-state index is 0.264. The molecule has 0 amide bonds. The van der Waals surface area contributed by atoms with Gasteiger partial charge in [0.25, 0.3) is 0 Å². The molecule has 6 nitrogen and oxygen atoms in total. The summed E-state index contributed by atoms with van der Waals surface area (Å²) in [6.45, 7) is 6.24. The summed E-state index contributed by atoms with van der Waals surface area (Å²) in [6.07, 6.45) is 1.90. The molecule has 2 atom stereocenters. The Kier molecular flexibility index (Phi) is 3.71. The van der Waals surface area contributed by atoms with Crippen LogP contribution >= 0.6 is 0 Å². The molecule has 1 fully saturated rings. The molecule has 0 saturated carbocycles. The highest BCUT2D eigenvalue weighted by Crippen LogP contribution is 2.35. The number of hydrogen-bond acceptors (Lipinski definition) is 5. The third-order valence-corrected chi connectivity index (χ3v) is 4.69. The number of ether oxygens (including phenoxy) is 2. The minimum atomic E-state index is 0.264. The van der Waals surface area contributed by atoms with Crippen LogP contribution in [0.25, 0.3) is 11.3 Å². The van der Waals surface area contributed by atoms with E-state index in [0.29, 0.717) is 19.1 Å². The molecule has 23 heavy (non-hydrogen) atoms. The molecule has 2 unspecified atom stereocenters. The number of benzene rings is 1. The average Bonchev–Trinajstić information content (AvgIpc) is 3.14. The monoisotopic (exact) mass is 314 g/mol. The predicted molar refractivity (Wildman–Crippen MR) is 87.4 cm³/mol. The third-order valence-electron chi connectivity index (χ3n) is 4.69. The molecule has 1 saturated heterocycles. The Morgan fingerprint density at radius 1 is 1.26 bits per heavy atom. The van der Waals surface area contributed by atoms with Gasteiger partial charge in [0.05, 0.1) is 11.9 Å². The van der Waals surface area contributed by atoms with E-state index in [4.69, 9.17) is 15.2 Å².